The summed E-state index contributed by atoms with van der Waals surface area (Å²) >= 11 is 0. The first-order chi connectivity index (χ1) is 12.5. The summed E-state index contributed by atoms with van der Waals surface area (Å²) in [7, 11) is 1.64. The zero-order valence-corrected chi connectivity index (χ0v) is 15.2. The summed E-state index contributed by atoms with van der Waals surface area (Å²) in [5.74, 6) is 0.864. The Balaban J connectivity index is 1.89. The lowest BCUT2D eigenvalue weighted by atomic mass is 10.1. The van der Waals surface area contributed by atoms with E-state index in [0.29, 0.717) is 11.8 Å². The lowest BCUT2D eigenvalue weighted by Gasteiger charge is -2.24. The molecule has 1 aromatic carbocycles. The van der Waals surface area contributed by atoms with E-state index in [1.165, 1.54) is 10.5 Å². The Morgan fingerprint density at radius 3 is 2.77 bits per heavy atom. The van der Waals surface area contributed by atoms with Crippen LogP contribution in [-0.4, -0.2) is 34.3 Å². The number of unbranched alkanes of at least 4 members (excludes halogenated alkanes) is 1. The van der Waals surface area contributed by atoms with E-state index in [1.54, 1.807) is 7.05 Å². The van der Waals surface area contributed by atoms with Gasteiger partial charge in [0.25, 0.3) is 5.91 Å². The topological polar surface area (TPSA) is 70.6 Å². The molecule has 2 aliphatic heterocycles. The Bertz CT molecular complexity index is 943. The van der Waals surface area contributed by atoms with Crippen LogP contribution in [0.2, 0.25) is 0 Å². The number of hydrogen-bond donors (Lipinski definition) is 1. The van der Waals surface area contributed by atoms with Crippen molar-refractivity contribution in [3.8, 4) is 11.3 Å². The third kappa shape index (κ3) is 2.34. The molecule has 3 amide bonds. The fourth-order valence-corrected chi connectivity index (χ4v) is 3.58. The van der Waals surface area contributed by atoms with Crippen LogP contribution in [0.25, 0.3) is 11.3 Å². The van der Waals surface area contributed by atoms with Crippen molar-refractivity contribution in [3.63, 3.8) is 0 Å². The zero-order valence-electron chi connectivity index (χ0n) is 15.2. The maximum Gasteiger partial charge on any atom is 0.402 e. The fourth-order valence-electron chi connectivity index (χ4n) is 3.58. The number of imide groups is 1. The largest absolute Gasteiger partial charge is 0.402 e. The number of urea groups is 1. The molecule has 134 valence electrons. The molecule has 7 heteroatoms. The molecule has 1 unspecified atom stereocenters. The quantitative estimate of drug-likeness (QED) is 0.858. The number of nitrogens with one attached hydrogen (secondary N) is 1. The molecule has 0 aliphatic carbocycles. The van der Waals surface area contributed by atoms with Crippen LogP contribution in [0.15, 0.2) is 35.5 Å². The van der Waals surface area contributed by atoms with Gasteiger partial charge in [-0.15, -0.1) is 0 Å². The van der Waals surface area contributed by atoms with Crippen molar-refractivity contribution >= 4 is 23.7 Å². The van der Waals surface area contributed by atoms with Crippen LogP contribution in [0.1, 0.15) is 31.4 Å². The average Bonchev–Trinajstić information content (AvgIpc) is 3.15. The second-order valence-corrected chi connectivity index (χ2v) is 6.77. The van der Waals surface area contributed by atoms with Gasteiger partial charge in [0, 0.05) is 12.6 Å². The van der Waals surface area contributed by atoms with Crippen molar-refractivity contribution in [2.24, 2.45) is 4.99 Å². The number of aromatic nitrogens is 2. The number of nitrogens with zero attached hydrogens (tertiary/aromatic N) is 4. The molecule has 2 aromatic rings. The highest BCUT2D eigenvalue weighted by molar-refractivity contribution is 6.19. The Morgan fingerprint density at radius 1 is 1.27 bits per heavy atom. The number of aryl methyl sites for hydroxylation is 1. The number of amidine groups is 1. The first-order valence-corrected chi connectivity index (χ1v) is 8.90. The maximum absolute atomic E-state index is 12.5. The van der Waals surface area contributed by atoms with Crippen LogP contribution >= 0.6 is 0 Å². The van der Waals surface area contributed by atoms with Crippen molar-refractivity contribution in [1.82, 2.24) is 14.8 Å². The molecule has 1 N–H and O–H groups in total. The Hall–Kier alpha value is -2.96. The first kappa shape index (κ1) is 16.5. The minimum atomic E-state index is -0.599. The van der Waals surface area contributed by atoms with E-state index in [0.717, 1.165) is 30.6 Å². The molecule has 0 saturated carbocycles. The van der Waals surface area contributed by atoms with Gasteiger partial charge in [-0.05, 0) is 18.9 Å². The Kier molecular flexibility index (Phi) is 3.86. The summed E-state index contributed by atoms with van der Waals surface area (Å²) in [5, 5.41) is 2.40. The molecule has 0 radical (unpaired) electrons. The molecule has 3 heterocycles. The van der Waals surface area contributed by atoms with Crippen molar-refractivity contribution in [3.05, 3.63) is 36.0 Å². The van der Waals surface area contributed by atoms with E-state index in [1.807, 2.05) is 22.9 Å². The fraction of sp³-hybridized carbons (Fsp3) is 0.368. The second kappa shape index (κ2) is 6.09. The molecular formula is C19H22N5O2+. The molecule has 7 nitrogen and oxygen atoms in total. The molecule has 2 aliphatic rings. The molecule has 1 fully saturated rings. The van der Waals surface area contributed by atoms with Crippen LogP contribution in [0, 0.1) is 6.92 Å². The number of aliphatic imine (C=N–C) groups is 1. The first-order valence-electron chi connectivity index (χ1n) is 8.90. The number of imidazole rings is 1. The molecule has 1 atom stereocenters. The Labute approximate surface area is 152 Å². The predicted molar refractivity (Wildman–Crippen MR) is 97.1 cm³/mol. The van der Waals surface area contributed by atoms with Gasteiger partial charge in [-0.2, -0.15) is 0 Å². The van der Waals surface area contributed by atoms with Gasteiger partial charge >= 0.3 is 12.0 Å². The maximum atomic E-state index is 12.5. The monoisotopic (exact) mass is 352 g/mol. The van der Waals surface area contributed by atoms with Gasteiger partial charge in [0.15, 0.2) is 0 Å². The summed E-state index contributed by atoms with van der Waals surface area (Å²) < 4.78 is 4.04. The van der Waals surface area contributed by atoms with Gasteiger partial charge in [0.1, 0.15) is 11.9 Å². The summed E-state index contributed by atoms with van der Waals surface area (Å²) in [5.41, 5.74) is 3.34. The van der Waals surface area contributed by atoms with Gasteiger partial charge in [0.2, 0.25) is 11.9 Å². The van der Waals surface area contributed by atoms with Crippen LogP contribution < -0.4 is 9.88 Å². The number of fused-ring (bicyclic) bond motifs is 3. The zero-order chi connectivity index (χ0) is 18.4. The highest BCUT2D eigenvalue weighted by atomic mass is 16.2. The number of likely N-dealkylation sites (N-methyl/N-ethyl adjacent to an activating group) is 1. The average molecular weight is 352 g/mol. The Morgan fingerprint density at radius 2 is 2.04 bits per heavy atom. The molecule has 0 bridgehead atoms. The van der Waals surface area contributed by atoms with E-state index >= 15 is 0 Å². The van der Waals surface area contributed by atoms with Gasteiger partial charge < -0.3 is 0 Å². The third-order valence-electron chi connectivity index (χ3n) is 5.04. The molecule has 4 rings (SSSR count). The van der Waals surface area contributed by atoms with E-state index in [9.17, 15) is 9.59 Å². The number of rotatable bonds is 4. The van der Waals surface area contributed by atoms with E-state index in [4.69, 9.17) is 0 Å². The SMILES string of the molecule is CCCCn1c(-c2ccccc2C)c[n+]2c1N=C1C2C(=O)NC(=O)N1C. The van der Waals surface area contributed by atoms with E-state index in [2.05, 4.69) is 40.9 Å². The molecular weight excluding hydrogens is 330 g/mol. The smallest absolute Gasteiger partial charge is 0.274 e. The highest BCUT2D eigenvalue weighted by Crippen LogP contribution is 2.32. The van der Waals surface area contributed by atoms with E-state index in [-0.39, 0.29) is 5.91 Å². The molecule has 26 heavy (non-hydrogen) atoms. The highest BCUT2D eigenvalue weighted by Gasteiger charge is 2.50. The second-order valence-electron chi connectivity index (χ2n) is 6.77. The van der Waals surface area contributed by atoms with Crippen LogP contribution in [0.4, 0.5) is 10.7 Å². The van der Waals surface area contributed by atoms with Crippen LogP contribution in [0.3, 0.4) is 0 Å². The van der Waals surface area contributed by atoms with Crippen molar-refractivity contribution < 1.29 is 14.2 Å². The summed E-state index contributed by atoms with van der Waals surface area (Å²) in [4.78, 5) is 30.5. The normalized spacial score (nSPS) is 18.5. The van der Waals surface area contributed by atoms with Crippen molar-refractivity contribution in [2.45, 2.75) is 39.3 Å². The molecule has 1 saturated heterocycles. The number of benzene rings is 1. The standard InChI is InChI=1S/C19H21N5O2/c1-4-5-10-23-14(13-9-7-6-8-12(13)2)11-24-15-16(20-18(23)24)22(3)19(26)21-17(15)25/h6-9,11,15H,4-5,10H2,1-3H3/p+1. The number of amides is 3. The van der Waals surface area contributed by atoms with Crippen molar-refractivity contribution in [1.29, 1.82) is 0 Å². The van der Waals surface area contributed by atoms with Crippen LogP contribution in [-0.2, 0) is 11.3 Å². The molecule has 1 aromatic heterocycles. The van der Waals surface area contributed by atoms with Gasteiger partial charge in [-0.25, -0.2) is 13.9 Å². The van der Waals surface area contributed by atoms with Gasteiger partial charge in [-0.3, -0.25) is 15.0 Å². The minimum absolute atomic E-state index is 0.334. The van der Waals surface area contributed by atoms with Crippen LogP contribution in [0.5, 0.6) is 0 Å². The third-order valence-corrected chi connectivity index (χ3v) is 5.04. The lowest BCUT2D eigenvalue weighted by molar-refractivity contribution is -0.676. The van der Waals surface area contributed by atoms with Crippen molar-refractivity contribution in [2.75, 3.05) is 7.05 Å². The summed E-state index contributed by atoms with van der Waals surface area (Å²) in [6.07, 6.45) is 4.05. The number of hydrogen-bond acceptors (Lipinski definition) is 3. The number of carbonyl (C=O) groups is 2. The lowest BCUT2D eigenvalue weighted by Crippen LogP contribution is -2.61. The molecule has 0 spiro atoms. The van der Waals surface area contributed by atoms with Gasteiger partial charge in [0.05, 0.1) is 6.54 Å². The van der Waals surface area contributed by atoms with Gasteiger partial charge in [-0.1, -0.05) is 42.6 Å². The minimum Gasteiger partial charge on any atom is -0.274 e. The predicted octanol–water partition coefficient (Wildman–Crippen LogP) is 2.32. The summed E-state index contributed by atoms with van der Waals surface area (Å²) in [6, 6.07) is 7.17. The van der Waals surface area contributed by atoms with E-state index < -0.39 is 12.1 Å². The summed E-state index contributed by atoms with van der Waals surface area (Å²) in [6.45, 7) is 5.04. The number of carbonyl (C=O) groups excluding carboxylic acids is 2.